The Labute approximate surface area is 169 Å². The molecule has 3 N–H and O–H groups in total. The van der Waals surface area contributed by atoms with Crippen molar-refractivity contribution in [3.05, 3.63) is 53.8 Å². The van der Waals surface area contributed by atoms with Crippen molar-refractivity contribution < 1.29 is 14.0 Å². The number of rotatable bonds is 8. The summed E-state index contributed by atoms with van der Waals surface area (Å²) in [4.78, 5) is 24.9. The second-order valence-corrected chi connectivity index (χ2v) is 7.88. The number of anilines is 2. The van der Waals surface area contributed by atoms with Crippen molar-refractivity contribution in [2.24, 2.45) is 5.92 Å². The number of nitrogens with one attached hydrogen (secondary N) is 3. The number of hydrogen-bond acceptors (Lipinski definition) is 3. The number of halogens is 1. The van der Waals surface area contributed by atoms with Crippen molar-refractivity contribution in [2.45, 2.75) is 32.1 Å². The number of hydrogen-bond donors (Lipinski definition) is 3. The quantitative estimate of drug-likeness (QED) is 0.427. The summed E-state index contributed by atoms with van der Waals surface area (Å²) in [7, 11) is 0. The molecule has 28 heavy (non-hydrogen) atoms. The number of thioether (sulfide) groups is 1. The van der Waals surface area contributed by atoms with Crippen LogP contribution < -0.4 is 16.0 Å². The van der Waals surface area contributed by atoms with E-state index >= 15 is 0 Å². The molecule has 5 nitrogen and oxygen atoms in total. The molecule has 0 unspecified atom stereocenters. The fraction of sp³-hybridized carbons (Fsp3) is 0.333. The highest BCUT2D eigenvalue weighted by Crippen LogP contribution is 2.21. The highest BCUT2D eigenvalue weighted by Gasteiger charge is 2.09. The lowest BCUT2D eigenvalue weighted by atomic mass is 10.1. The van der Waals surface area contributed by atoms with E-state index in [1.165, 1.54) is 12.1 Å². The third-order valence-corrected chi connectivity index (χ3v) is 5.07. The maximum atomic E-state index is 12.9. The molecule has 2 aromatic carbocycles. The van der Waals surface area contributed by atoms with Gasteiger partial charge in [0.1, 0.15) is 5.82 Å². The first-order chi connectivity index (χ1) is 13.3. The van der Waals surface area contributed by atoms with Crippen molar-refractivity contribution in [2.75, 3.05) is 22.9 Å². The lowest BCUT2D eigenvalue weighted by molar-refractivity contribution is -0.118. The van der Waals surface area contributed by atoms with Crippen LogP contribution in [0.2, 0.25) is 0 Å². The number of amides is 3. The minimum Gasteiger partial charge on any atom is -0.338 e. The molecule has 0 aromatic heterocycles. The zero-order valence-corrected chi connectivity index (χ0v) is 17.2. The number of aryl methyl sites for hydroxylation is 1. The Kier molecular flexibility index (Phi) is 8.32. The van der Waals surface area contributed by atoms with Crippen molar-refractivity contribution >= 4 is 35.1 Å². The Hall–Kier alpha value is -2.54. The molecule has 0 aliphatic carbocycles. The molecule has 0 saturated heterocycles. The summed E-state index contributed by atoms with van der Waals surface area (Å²) in [5.41, 5.74) is 2.21. The molecular formula is C21H26FN3O2S. The van der Waals surface area contributed by atoms with Gasteiger partial charge in [0.2, 0.25) is 5.91 Å². The first-order valence-electron chi connectivity index (χ1n) is 9.20. The van der Waals surface area contributed by atoms with Gasteiger partial charge in [0, 0.05) is 28.7 Å². The summed E-state index contributed by atoms with van der Waals surface area (Å²) in [6.07, 6.45) is 0.791. The van der Waals surface area contributed by atoms with Gasteiger partial charge >= 0.3 is 6.03 Å². The Bertz CT molecular complexity index is 810. The topological polar surface area (TPSA) is 70.2 Å². The van der Waals surface area contributed by atoms with Gasteiger partial charge in [-0.25, -0.2) is 9.18 Å². The Balaban J connectivity index is 1.76. The predicted molar refractivity (Wildman–Crippen MR) is 113 cm³/mol. The predicted octanol–water partition coefficient (Wildman–Crippen LogP) is 5.03. The lowest BCUT2D eigenvalue weighted by Crippen LogP contribution is -2.30. The fourth-order valence-corrected chi connectivity index (χ4v) is 3.14. The molecule has 0 heterocycles. The van der Waals surface area contributed by atoms with E-state index in [9.17, 15) is 14.0 Å². The van der Waals surface area contributed by atoms with Gasteiger partial charge < -0.3 is 16.0 Å². The number of urea groups is 1. The second-order valence-electron chi connectivity index (χ2n) is 6.71. The Morgan fingerprint density at radius 2 is 1.79 bits per heavy atom. The van der Waals surface area contributed by atoms with E-state index < -0.39 is 0 Å². The van der Waals surface area contributed by atoms with Crippen LogP contribution >= 0.6 is 11.8 Å². The smallest absolute Gasteiger partial charge is 0.319 e. The Morgan fingerprint density at radius 1 is 1.07 bits per heavy atom. The van der Waals surface area contributed by atoms with Crippen LogP contribution in [0.15, 0.2) is 47.4 Å². The highest BCUT2D eigenvalue weighted by molar-refractivity contribution is 7.99. The second kappa shape index (κ2) is 10.7. The van der Waals surface area contributed by atoms with E-state index in [1.54, 1.807) is 30.0 Å². The monoisotopic (exact) mass is 403 g/mol. The minimum absolute atomic E-state index is 0.0714. The fourth-order valence-electron chi connectivity index (χ4n) is 2.28. The maximum Gasteiger partial charge on any atom is 0.319 e. The van der Waals surface area contributed by atoms with Crippen molar-refractivity contribution in [1.82, 2.24) is 5.32 Å². The van der Waals surface area contributed by atoms with E-state index in [-0.39, 0.29) is 23.7 Å². The van der Waals surface area contributed by atoms with Crippen LogP contribution in [0.5, 0.6) is 0 Å². The molecule has 7 heteroatoms. The van der Waals surface area contributed by atoms with Gasteiger partial charge in [0.25, 0.3) is 0 Å². The highest BCUT2D eigenvalue weighted by atomic mass is 32.2. The molecule has 0 saturated carbocycles. The Morgan fingerprint density at radius 3 is 2.46 bits per heavy atom. The van der Waals surface area contributed by atoms with E-state index in [2.05, 4.69) is 16.0 Å². The van der Waals surface area contributed by atoms with Crippen LogP contribution in [0.3, 0.4) is 0 Å². The van der Waals surface area contributed by atoms with Gasteiger partial charge in [0.05, 0.1) is 0 Å². The molecular weight excluding hydrogens is 377 g/mol. The van der Waals surface area contributed by atoms with E-state index in [0.29, 0.717) is 17.9 Å². The molecule has 3 amide bonds. The van der Waals surface area contributed by atoms with Crippen molar-refractivity contribution in [1.29, 1.82) is 0 Å². The van der Waals surface area contributed by atoms with Gasteiger partial charge in [0.15, 0.2) is 0 Å². The number of benzene rings is 2. The zero-order valence-electron chi connectivity index (χ0n) is 16.3. The molecule has 0 radical (unpaired) electrons. The number of carbonyl (C=O) groups is 2. The van der Waals surface area contributed by atoms with Crippen LogP contribution in [-0.2, 0) is 4.79 Å². The summed E-state index contributed by atoms with van der Waals surface area (Å²) in [5, 5.41) is 8.46. The summed E-state index contributed by atoms with van der Waals surface area (Å²) in [6.45, 7) is 6.07. The third kappa shape index (κ3) is 7.23. The normalized spacial score (nSPS) is 10.6. The lowest BCUT2D eigenvalue weighted by Gasteiger charge is -2.13. The van der Waals surface area contributed by atoms with Gasteiger partial charge in [-0.1, -0.05) is 19.9 Å². The van der Waals surface area contributed by atoms with Gasteiger partial charge in [-0.05, 0) is 61.1 Å². The van der Waals surface area contributed by atoms with Crippen LogP contribution in [0, 0.1) is 18.7 Å². The van der Waals surface area contributed by atoms with Gasteiger partial charge in [-0.2, -0.15) is 0 Å². The molecule has 0 fully saturated rings. The molecule has 0 spiro atoms. The first-order valence-corrected chi connectivity index (χ1v) is 10.2. The summed E-state index contributed by atoms with van der Waals surface area (Å²) in [6, 6.07) is 11.5. The molecule has 0 aliphatic rings. The average molecular weight is 404 g/mol. The zero-order chi connectivity index (χ0) is 20.5. The van der Waals surface area contributed by atoms with Crippen LogP contribution in [0.1, 0.15) is 25.8 Å². The van der Waals surface area contributed by atoms with Gasteiger partial charge in [-0.15, -0.1) is 11.8 Å². The van der Waals surface area contributed by atoms with Crippen LogP contribution in [0.4, 0.5) is 20.6 Å². The molecule has 0 atom stereocenters. The molecule has 2 rings (SSSR count). The number of carbonyl (C=O) groups excluding carboxylic acids is 2. The molecule has 0 bridgehead atoms. The summed E-state index contributed by atoms with van der Waals surface area (Å²) in [5.74, 6) is 0.388. The van der Waals surface area contributed by atoms with E-state index in [0.717, 1.165) is 22.6 Å². The standard InChI is InChI=1S/C21H26FN3O2S/c1-14(2)20(26)24-17-8-5-15(3)19(13-17)25-21(27)23-11-4-12-28-18-9-6-16(22)7-10-18/h5-10,13-14H,4,11-12H2,1-3H3,(H,24,26)(H2,23,25,27). The summed E-state index contributed by atoms with van der Waals surface area (Å²) >= 11 is 1.62. The SMILES string of the molecule is Cc1ccc(NC(=O)C(C)C)cc1NC(=O)NCCCSc1ccc(F)cc1. The van der Waals surface area contributed by atoms with E-state index in [4.69, 9.17) is 0 Å². The molecule has 2 aromatic rings. The first kappa shape index (κ1) is 21.8. The molecule has 150 valence electrons. The minimum atomic E-state index is -0.290. The van der Waals surface area contributed by atoms with Crippen LogP contribution in [0.25, 0.3) is 0 Å². The average Bonchev–Trinajstić information content (AvgIpc) is 2.65. The third-order valence-electron chi connectivity index (χ3n) is 3.97. The van der Waals surface area contributed by atoms with E-state index in [1.807, 2.05) is 32.9 Å². The van der Waals surface area contributed by atoms with Crippen LogP contribution in [-0.4, -0.2) is 24.2 Å². The summed E-state index contributed by atoms with van der Waals surface area (Å²) < 4.78 is 12.9. The largest absolute Gasteiger partial charge is 0.338 e. The van der Waals surface area contributed by atoms with Gasteiger partial charge in [-0.3, -0.25) is 4.79 Å². The van der Waals surface area contributed by atoms with Crippen molar-refractivity contribution in [3.63, 3.8) is 0 Å². The molecule has 0 aliphatic heterocycles. The maximum absolute atomic E-state index is 12.9. The van der Waals surface area contributed by atoms with Crippen molar-refractivity contribution in [3.8, 4) is 0 Å².